The first-order valence-corrected chi connectivity index (χ1v) is 5.86. The Labute approximate surface area is 115 Å². The van der Waals surface area contributed by atoms with Crippen LogP contribution in [0.25, 0.3) is 11.1 Å². The fraction of sp³-hybridized carbons (Fsp3) is 0.0667. The van der Waals surface area contributed by atoms with E-state index in [9.17, 15) is 14.0 Å². The van der Waals surface area contributed by atoms with E-state index in [-0.39, 0.29) is 0 Å². The van der Waals surface area contributed by atoms with Gasteiger partial charge in [-0.2, -0.15) is 0 Å². The summed E-state index contributed by atoms with van der Waals surface area (Å²) in [4.78, 5) is 23.3. The number of carboxylic acids is 1. The van der Waals surface area contributed by atoms with Crippen LogP contribution in [0.1, 0.15) is 0 Å². The minimum Gasteiger partial charge on any atom is -0.474 e. The number of rotatable bonds is 2. The van der Waals surface area contributed by atoms with E-state index in [1.54, 1.807) is 36.4 Å². The summed E-state index contributed by atoms with van der Waals surface area (Å²) in [5.41, 5.74) is 1.57. The maximum absolute atomic E-state index is 13.3. The second kappa shape index (κ2) is 5.52. The Bertz CT molecular complexity index is 670. The fourth-order valence-corrected chi connectivity index (χ4v) is 1.92. The van der Waals surface area contributed by atoms with Gasteiger partial charge in [0.25, 0.3) is 0 Å². The molecule has 0 fully saturated rings. The molecule has 0 atom stereocenters. The molecule has 0 saturated heterocycles. The van der Waals surface area contributed by atoms with Crippen molar-refractivity contribution in [1.82, 2.24) is 0 Å². The summed E-state index contributed by atoms with van der Waals surface area (Å²) >= 11 is 0. The van der Waals surface area contributed by atoms with Crippen LogP contribution in [0, 0.1) is 5.82 Å². The Balaban J connectivity index is 2.51. The molecule has 0 aromatic heterocycles. The van der Waals surface area contributed by atoms with Crippen LogP contribution in [0.15, 0.2) is 48.5 Å². The van der Waals surface area contributed by atoms with Gasteiger partial charge < -0.3 is 10.0 Å². The average molecular weight is 273 g/mol. The van der Waals surface area contributed by atoms with Crippen molar-refractivity contribution in [2.45, 2.75) is 0 Å². The van der Waals surface area contributed by atoms with Gasteiger partial charge in [0.15, 0.2) is 0 Å². The van der Waals surface area contributed by atoms with Gasteiger partial charge in [0, 0.05) is 12.6 Å². The molecule has 0 aliphatic carbocycles. The fourth-order valence-electron chi connectivity index (χ4n) is 1.92. The van der Waals surface area contributed by atoms with Crippen molar-refractivity contribution in [2.75, 3.05) is 11.9 Å². The Hall–Kier alpha value is -2.69. The lowest BCUT2D eigenvalue weighted by Crippen LogP contribution is -2.33. The summed E-state index contributed by atoms with van der Waals surface area (Å²) < 4.78 is 13.3. The molecule has 5 heteroatoms. The SMILES string of the molecule is CN(C(=O)C(=O)O)c1ccccc1-c1cccc(F)c1. The Kier molecular flexibility index (Phi) is 3.79. The topological polar surface area (TPSA) is 57.6 Å². The average Bonchev–Trinajstić information content (AvgIpc) is 2.45. The standard InChI is InChI=1S/C15H12FNO3/c1-17(14(18)15(19)20)13-8-3-2-7-12(13)10-5-4-6-11(16)9-10/h2-9H,1H3,(H,19,20). The number of halogens is 1. The highest BCUT2D eigenvalue weighted by Gasteiger charge is 2.21. The van der Waals surface area contributed by atoms with Crippen molar-refractivity contribution in [2.24, 2.45) is 0 Å². The van der Waals surface area contributed by atoms with Gasteiger partial charge in [0.2, 0.25) is 0 Å². The van der Waals surface area contributed by atoms with Crippen LogP contribution in [0.2, 0.25) is 0 Å². The van der Waals surface area contributed by atoms with Crippen LogP contribution >= 0.6 is 0 Å². The predicted octanol–water partition coefficient (Wildman–Crippen LogP) is 2.54. The van der Waals surface area contributed by atoms with E-state index >= 15 is 0 Å². The van der Waals surface area contributed by atoms with Gasteiger partial charge in [-0.15, -0.1) is 0 Å². The second-order valence-electron chi connectivity index (χ2n) is 4.20. The monoisotopic (exact) mass is 273 g/mol. The number of nitrogens with zero attached hydrogens (tertiary/aromatic N) is 1. The molecule has 0 aliphatic heterocycles. The van der Waals surface area contributed by atoms with E-state index in [0.717, 1.165) is 4.90 Å². The molecule has 1 N–H and O–H groups in total. The highest BCUT2D eigenvalue weighted by Crippen LogP contribution is 2.30. The first kappa shape index (κ1) is 13.7. The van der Waals surface area contributed by atoms with Crippen molar-refractivity contribution < 1.29 is 19.1 Å². The van der Waals surface area contributed by atoms with Crippen LogP contribution in [0.5, 0.6) is 0 Å². The molecule has 0 heterocycles. The van der Waals surface area contributed by atoms with Crippen LogP contribution in [-0.2, 0) is 9.59 Å². The summed E-state index contributed by atoms with van der Waals surface area (Å²) in [6.07, 6.45) is 0. The van der Waals surface area contributed by atoms with E-state index in [2.05, 4.69) is 0 Å². The smallest absolute Gasteiger partial charge is 0.394 e. The quantitative estimate of drug-likeness (QED) is 0.855. The summed E-state index contributed by atoms with van der Waals surface area (Å²) in [6.45, 7) is 0. The van der Waals surface area contributed by atoms with Crippen molar-refractivity contribution in [3.05, 3.63) is 54.3 Å². The van der Waals surface area contributed by atoms with Crippen molar-refractivity contribution in [3.8, 4) is 11.1 Å². The van der Waals surface area contributed by atoms with Gasteiger partial charge in [0.05, 0.1) is 5.69 Å². The molecule has 102 valence electrons. The minimum atomic E-state index is -1.54. The minimum absolute atomic E-state index is 0.399. The van der Waals surface area contributed by atoms with E-state index < -0.39 is 17.7 Å². The van der Waals surface area contributed by atoms with Gasteiger partial charge in [-0.25, -0.2) is 9.18 Å². The van der Waals surface area contributed by atoms with Crippen molar-refractivity contribution >= 4 is 17.6 Å². The second-order valence-corrected chi connectivity index (χ2v) is 4.20. The normalized spacial score (nSPS) is 10.1. The Morgan fingerprint density at radius 3 is 2.45 bits per heavy atom. The molecule has 20 heavy (non-hydrogen) atoms. The predicted molar refractivity (Wildman–Crippen MR) is 72.9 cm³/mol. The van der Waals surface area contributed by atoms with Crippen LogP contribution < -0.4 is 4.90 Å². The third kappa shape index (κ3) is 2.66. The lowest BCUT2D eigenvalue weighted by atomic mass is 10.0. The van der Waals surface area contributed by atoms with Gasteiger partial charge in [-0.1, -0.05) is 30.3 Å². The molecule has 0 saturated carbocycles. The maximum atomic E-state index is 13.3. The van der Waals surface area contributed by atoms with Gasteiger partial charge in [-0.05, 0) is 23.8 Å². The Morgan fingerprint density at radius 1 is 1.10 bits per heavy atom. The number of hydrogen-bond acceptors (Lipinski definition) is 2. The molecule has 2 aromatic rings. The van der Waals surface area contributed by atoms with Crippen LogP contribution in [-0.4, -0.2) is 24.0 Å². The van der Waals surface area contributed by atoms with Crippen molar-refractivity contribution in [1.29, 1.82) is 0 Å². The molecule has 0 radical (unpaired) electrons. The molecular formula is C15H12FNO3. The number of benzene rings is 2. The summed E-state index contributed by atoms with van der Waals surface area (Å²) in [6, 6.07) is 12.6. The number of carbonyl (C=O) groups is 2. The number of hydrogen-bond donors (Lipinski definition) is 1. The van der Waals surface area contributed by atoms with Crippen molar-refractivity contribution in [3.63, 3.8) is 0 Å². The molecule has 4 nitrogen and oxygen atoms in total. The number of likely N-dealkylation sites (N-methyl/N-ethyl adjacent to an activating group) is 1. The van der Waals surface area contributed by atoms with E-state index in [0.29, 0.717) is 16.8 Å². The first-order chi connectivity index (χ1) is 9.50. The lowest BCUT2D eigenvalue weighted by Gasteiger charge is -2.19. The Morgan fingerprint density at radius 2 is 1.80 bits per heavy atom. The zero-order valence-electron chi connectivity index (χ0n) is 10.7. The van der Waals surface area contributed by atoms with E-state index in [1.165, 1.54) is 19.2 Å². The number of amides is 1. The molecule has 2 aromatic carbocycles. The number of carboxylic acid groups (broad SMARTS) is 1. The molecule has 2 rings (SSSR count). The van der Waals surface area contributed by atoms with Crippen LogP contribution in [0.4, 0.5) is 10.1 Å². The summed E-state index contributed by atoms with van der Waals surface area (Å²) in [7, 11) is 1.37. The number of anilines is 1. The van der Waals surface area contributed by atoms with Crippen LogP contribution in [0.3, 0.4) is 0 Å². The third-order valence-electron chi connectivity index (χ3n) is 2.89. The van der Waals surface area contributed by atoms with E-state index in [1.807, 2.05) is 0 Å². The van der Waals surface area contributed by atoms with Gasteiger partial charge >= 0.3 is 11.9 Å². The molecular weight excluding hydrogens is 261 g/mol. The maximum Gasteiger partial charge on any atom is 0.394 e. The molecule has 0 spiro atoms. The zero-order valence-corrected chi connectivity index (χ0v) is 10.7. The largest absolute Gasteiger partial charge is 0.474 e. The summed E-state index contributed by atoms with van der Waals surface area (Å²) in [5, 5.41) is 8.77. The lowest BCUT2D eigenvalue weighted by molar-refractivity contribution is -0.148. The molecule has 0 aliphatic rings. The molecule has 1 amide bonds. The van der Waals surface area contributed by atoms with Gasteiger partial charge in [0.1, 0.15) is 5.82 Å². The highest BCUT2D eigenvalue weighted by atomic mass is 19.1. The summed E-state index contributed by atoms with van der Waals surface area (Å²) in [5.74, 6) is -2.99. The zero-order chi connectivity index (χ0) is 14.7. The number of aliphatic carboxylic acids is 1. The number of para-hydroxylation sites is 1. The molecule has 0 bridgehead atoms. The number of carbonyl (C=O) groups excluding carboxylic acids is 1. The van der Waals surface area contributed by atoms with E-state index in [4.69, 9.17) is 5.11 Å². The van der Waals surface area contributed by atoms with Gasteiger partial charge in [-0.3, -0.25) is 4.79 Å². The molecule has 0 unspecified atom stereocenters. The first-order valence-electron chi connectivity index (χ1n) is 5.86. The highest BCUT2D eigenvalue weighted by molar-refractivity contribution is 6.37. The third-order valence-corrected chi connectivity index (χ3v) is 2.89.